The molecule has 0 N–H and O–H groups in total. The average molecular weight is 400 g/mol. The fourth-order valence-corrected chi connectivity index (χ4v) is 4.23. The lowest BCUT2D eigenvalue weighted by atomic mass is 10.2. The fraction of sp³-hybridized carbons (Fsp3) is 0.333. The minimum Gasteiger partial charge on any atom is -0.370 e. The number of thioether (sulfide) groups is 1. The second kappa shape index (κ2) is 9.68. The lowest BCUT2D eigenvalue weighted by Crippen LogP contribution is -2.36. The average Bonchev–Trinajstić information content (AvgIpc) is 2.94. The Kier molecular flexibility index (Phi) is 7.03. The summed E-state index contributed by atoms with van der Waals surface area (Å²) in [5.74, 6) is 1.48. The summed E-state index contributed by atoms with van der Waals surface area (Å²) in [6, 6.07) is 17.6. The van der Waals surface area contributed by atoms with E-state index in [9.17, 15) is 4.79 Å². The number of anilines is 1. The number of halogens is 1. The Morgan fingerprint density at radius 1 is 1.11 bits per heavy atom. The molecule has 0 radical (unpaired) electrons. The molecule has 0 saturated carbocycles. The largest absolute Gasteiger partial charge is 0.370 e. The first-order chi connectivity index (χ1) is 13.2. The van der Waals surface area contributed by atoms with Gasteiger partial charge in [-0.1, -0.05) is 23.7 Å². The topological polar surface area (TPSA) is 47.3 Å². The van der Waals surface area contributed by atoms with Crippen LogP contribution in [0.1, 0.15) is 17.5 Å². The first-order valence-electron chi connectivity index (χ1n) is 9.01. The van der Waals surface area contributed by atoms with E-state index in [4.69, 9.17) is 16.9 Å². The van der Waals surface area contributed by atoms with Crippen LogP contribution in [0.25, 0.3) is 0 Å². The normalized spacial score (nSPS) is 14.5. The van der Waals surface area contributed by atoms with E-state index < -0.39 is 0 Å². The van der Waals surface area contributed by atoms with Crippen LogP contribution in [0.2, 0.25) is 5.02 Å². The van der Waals surface area contributed by atoms with E-state index in [1.165, 1.54) is 0 Å². The number of rotatable bonds is 5. The van der Waals surface area contributed by atoms with Gasteiger partial charge in [0, 0.05) is 42.6 Å². The number of nitrogens with zero attached hydrogens (tertiary/aromatic N) is 3. The van der Waals surface area contributed by atoms with Gasteiger partial charge in [-0.25, -0.2) is 0 Å². The Balaban J connectivity index is 1.48. The molecule has 0 bridgehead atoms. The van der Waals surface area contributed by atoms with Crippen LogP contribution in [0.15, 0.2) is 48.5 Å². The highest BCUT2D eigenvalue weighted by Gasteiger charge is 2.19. The van der Waals surface area contributed by atoms with Gasteiger partial charge >= 0.3 is 0 Å². The quantitative estimate of drug-likeness (QED) is 0.756. The molecule has 2 aromatic rings. The predicted molar refractivity (Wildman–Crippen MR) is 112 cm³/mol. The van der Waals surface area contributed by atoms with Crippen LogP contribution in [0.4, 0.5) is 5.69 Å². The lowest BCUT2D eigenvalue weighted by Gasteiger charge is -2.23. The summed E-state index contributed by atoms with van der Waals surface area (Å²) in [6.07, 6.45) is 0.949. The molecule has 27 heavy (non-hydrogen) atoms. The molecule has 0 unspecified atom stereocenters. The van der Waals surface area contributed by atoms with E-state index in [2.05, 4.69) is 11.0 Å². The second-order valence-electron chi connectivity index (χ2n) is 6.50. The lowest BCUT2D eigenvalue weighted by molar-refractivity contribution is -0.128. The zero-order valence-corrected chi connectivity index (χ0v) is 16.7. The van der Waals surface area contributed by atoms with E-state index in [1.807, 2.05) is 53.4 Å². The summed E-state index contributed by atoms with van der Waals surface area (Å²) in [7, 11) is 0. The minimum absolute atomic E-state index is 0.198. The van der Waals surface area contributed by atoms with Gasteiger partial charge in [0.15, 0.2) is 0 Å². The molecule has 2 aromatic carbocycles. The number of amides is 1. The van der Waals surface area contributed by atoms with Gasteiger partial charge in [-0.05, 0) is 48.4 Å². The molecule has 1 amide bonds. The van der Waals surface area contributed by atoms with Gasteiger partial charge in [0.05, 0.1) is 17.4 Å². The van der Waals surface area contributed by atoms with Crippen molar-refractivity contribution in [1.82, 2.24) is 4.90 Å². The first kappa shape index (κ1) is 19.6. The number of hydrogen-bond acceptors (Lipinski definition) is 4. The number of nitriles is 1. The van der Waals surface area contributed by atoms with Gasteiger partial charge < -0.3 is 9.80 Å². The molecular formula is C21H22ClN3OS. The molecule has 0 spiro atoms. The van der Waals surface area contributed by atoms with E-state index >= 15 is 0 Å². The van der Waals surface area contributed by atoms with Crippen molar-refractivity contribution in [2.24, 2.45) is 0 Å². The Morgan fingerprint density at radius 3 is 2.67 bits per heavy atom. The maximum absolute atomic E-state index is 12.6. The molecule has 1 saturated heterocycles. The van der Waals surface area contributed by atoms with Crippen molar-refractivity contribution in [2.75, 3.05) is 36.8 Å². The number of carbonyl (C=O) groups excluding carboxylic acids is 1. The smallest absolute Gasteiger partial charge is 0.232 e. The number of carbonyl (C=O) groups is 1. The maximum atomic E-state index is 12.6. The van der Waals surface area contributed by atoms with Crippen molar-refractivity contribution < 1.29 is 4.79 Å². The molecular weight excluding hydrogens is 378 g/mol. The highest BCUT2D eigenvalue weighted by molar-refractivity contribution is 7.99. The van der Waals surface area contributed by atoms with Gasteiger partial charge in [0.25, 0.3) is 0 Å². The van der Waals surface area contributed by atoms with Gasteiger partial charge in [-0.2, -0.15) is 5.26 Å². The zero-order valence-electron chi connectivity index (χ0n) is 15.1. The zero-order chi connectivity index (χ0) is 19.1. The summed E-state index contributed by atoms with van der Waals surface area (Å²) in [4.78, 5) is 16.8. The molecule has 0 atom stereocenters. The van der Waals surface area contributed by atoms with Crippen LogP contribution >= 0.6 is 23.4 Å². The summed E-state index contributed by atoms with van der Waals surface area (Å²) in [5.41, 5.74) is 2.92. The van der Waals surface area contributed by atoms with E-state index in [1.54, 1.807) is 11.8 Å². The molecule has 140 valence electrons. The van der Waals surface area contributed by atoms with Crippen molar-refractivity contribution in [3.8, 4) is 6.07 Å². The molecule has 1 heterocycles. The Labute approximate surface area is 169 Å². The van der Waals surface area contributed by atoms with Crippen molar-refractivity contribution in [3.63, 3.8) is 0 Å². The van der Waals surface area contributed by atoms with Gasteiger partial charge in [0.2, 0.25) is 5.91 Å². The van der Waals surface area contributed by atoms with Crippen LogP contribution in [-0.2, 0) is 10.5 Å². The van der Waals surface area contributed by atoms with E-state index in [-0.39, 0.29) is 5.91 Å². The van der Waals surface area contributed by atoms with E-state index in [0.29, 0.717) is 11.3 Å². The first-order valence-corrected chi connectivity index (χ1v) is 10.5. The SMILES string of the molecule is N#Cc1ccc(N2CCCN(C(=O)CSCc3cccc(Cl)c3)CC2)cc1. The maximum Gasteiger partial charge on any atom is 0.232 e. The number of hydrogen-bond donors (Lipinski definition) is 0. The van der Waals surface area contributed by atoms with Crippen molar-refractivity contribution in [3.05, 3.63) is 64.7 Å². The van der Waals surface area contributed by atoms with Gasteiger partial charge in [0.1, 0.15) is 0 Å². The van der Waals surface area contributed by atoms with Crippen LogP contribution in [0.5, 0.6) is 0 Å². The highest BCUT2D eigenvalue weighted by Crippen LogP contribution is 2.19. The van der Waals surface area contributed by atoms with Crippen molar-refractivity contribution in [2.45, 2.75) is 12.2 Å². The third-order valence-corrected chi connectivity index (χ3v) is 5.82. The number of benzene rings is 2. The van der Waals surface area contributed by atoms with Gasteiger partial charge in [-0.3, -0.25) is 4.79 Å². The third-order valence-electron chi connectivity index (χ3n) is 4.59. The monoisotopic (exact) mass is 399 g/mol. The van der Waals surface area contributed by atoms with Crippen LogP contribution in [0, 0.1) is 11.3 Å². The van der Waals surface area contributed by atoms with Crippen LogP contribution in [0.3, 0.4) is 0 Å². The van der Waals surface area contributed by atoms with Crippen LogP contribution < -0.4 is 4.90 Å². The summed E-state index contributed by atoms with van der Waals surface area (Å²) >= 11 is 7.63. The molecule has 4 nitrogen and oxygen atoms in total. The van der Waals surface area contributed by atoms with Crippen molar-refractivity contribution >= 4 is 35.0 Å². The highest BCUT2D eigenvalue weighted by atomic mass is 35.5. The molecule has 0 aromatic heterocycles. The van der Waals surface area contributed by atoms with Crippen molar-refractivity contribution in [1.29, 1.82) is 5.26 Å². The Bertz CT molecular complexity index is 819. The molecule has 3 rings (SSSR count). The standard InChI is InChI=1S/C21H22ClN3OS/c22-19-4-1-3-18(13-19)15-27-16-21(26)25-10-2-9-24(11-12-25)20-7-5-17(14-23)6-8-20/h1,3-8,13H,2,9-12,15-16H2. The molecule has 6 heteroatoms. The summed E-state index contributed by atoms with van der Waals surface area (Å²) in [5, 5.41) is 9.65. The second-order valence-corrected chi connectivity index (χ2v) is 7.92. The van der Waals surface area contributed by atoms with E-state index in [0.717, 1.165) is 54.6 Å². The Morgan fingerprint density at radius 2 is 1.93 bits per heavy atom. The Hall–Kier alpha value is -2.16. The molecule has 0 aliphatic carbocycles. The third kappa shape index (κ3) is 5.66. The fourth-order valence-electron chi connectivity index (χ4n) is 3.15. The molecule has 1 aliphatic heterocycles. The predicted octanol–water partition coefficient (Wildman–Crippen LogP) is 4.18. The summed E-state index contributed by atoms with van der Waals surface area (Å²) in [6.45, 7) is 3.27. The van der Waals surface area contributed by atoms with Gasteiger partial charge in [-0.15, -0.1) is 11.8 Å². The van der Waals surface area contributed by atoms with Crippen LogP contribution in [-0.4, -0.2) is 42.7 Å². The molecule has 1 aliphatic rings. The molecule has 1 fully saturated rings. The minimum atomic E-state index is 0.198. The summed E-state index contributed by atoms with van der Waals surface area (Å²) < 4.78 is 0.